The Balaban J connectivity index is 1.67. The zero-order valence-corrected chi connectivity index (χ0v) is 16.4. The maximum atomic E-state index is 4.65. The molecule has 1 fully saturated rings. The molecule has 0 atom stereocenters. The van der Waals surface area contributed by atoms with E-state index in [1.807, 2.05) is 7.05 Å². The first-order valence-corrected chi connectivity index (χ1v) is 9.53. The SMILES string of the molecule is CCNC(=NCc1ncnn1C)NCC1(c2ccc(Br)cc2)CCC1. The van der Waals surface area contributed by atoms with Crippen LogP contribution in [0.25, 0.3) is 0 Å². The van der Waals surface area contributed by atoms with E-state index in [1.54, 1.807) is 11.0 Å². The number of guanidine groups is 1. The highest BCUT2D eigenvalue weighted by Crippen LogP contribution is 2.43. The number of aromatic nitrogens is 3. The Labute approximate surface area is 157 Å². The first-order valence-electron chi connectivity index (χ1n) is 8.74. The van der Waals surface area contributed by atoms with E-state index in [2.05, 4.69) is 72.8 Å². The van der Waals surface area contributed by atoms with E-state index >= 15 is 0 Å². The standard InChI is InChI=1S/C18H25BrN6/c1-3-20-17(21-11-16-23-13-24-25(16)2)22-12-18(9-4-10-18)14-5-7-15(19)8-6-14/h5-8,13H,3-4,9-12H2,1-2H3,(H2,20,21,22). The number of aliphatic imine (C=N–C) groups is 1. The maximum Gasteiger partial charge on any atom is 0.191 e. The molecule has 1 saturated carbocycles. The van der Waals surface area contributed by atoms with Crippen molar-refractivity contribution in [3.8, 4) is 0 Å². The number of nitrogens with one attached hydrogen (secondary N) is 2. The van der Waals surface area contributed by atoms with Crippen LogP contribution in [0.2, 0.25) is 0 Å². The molecule has 0 aliphatic heterocycles. The van der Waals surface area contributed by atoms with Crippen LogP contribution in [0, 0.1) is 0 Å². The number of nitrogens with zero attached hydrogens (tertiary/aromatic N) is 4. The quantitative estimate of drug-likeness (QED) is 0.573. The van der Waals surface area contributed by atoms with E-state index in [0.29, 0.717) is 6.54 Å². The Hall–Kier alpha value is -1.89. The molecule has 0 saturated heterocycles. The van der Waals surface area contributed by atoms with Gasteiger partial charge >= 0.3 is 0 Å². The molecule has 2 N–H and O–H groups in total. The predicted molar refractivity (Wildman–Crippen MR) is 103 cm³/mol. The number of benzene rings is 1. The molecule has 0 radical (unpaired) electrons. The molecule has 1 aromatic heterocycles. The van der Waals surface area contributed by atoms with Crippen LogP contribution in [0.5, 0.6) is 0 Å². The molecule has 1 aliphatic carbocycles. The molecule has 0 spiro atoms. The Morgan fingerprint density at radius 2 is 2.04 bits per heavy atom. The van der Waals surface area contributed by atoms with Crippen LogP contribution in [0.3, 0.4) is 0 Å². The monoisotopic (exact) mass is 404 g/mol. The summed E-state index contributed by atoms with van der Waals surface area (Å²) in [6.45, 7) is 4.31. The van der Waals surface area contributed by atoms with Gasteiger partial charge in [-0.15, -0.1) is 0 Å². The summed E-state index contributed by atoms with van der Waals surface area (Å²) in [5.74, 6) is 1.68. The molecule has 0 bridgehead atoms. The third-order valence-corrected chi connectivity index (χ3v) is 5.42. The van der Waals surface area contributed by atoms with Crippen molar-refractivity contribution in [2.75, 3.05) is 13.1 Å². The number of aryl methyl sites for hydroxylation is 1. The molecule has 0 unspecified atom stereocenters. The molecule has 0 amide bonds. The second-order valence-corrected chi connectivity index (χ2v) is 7.41. The molecule has 3 rings (SSSR count). The summed E-state index contributed by atoms with van der Waals surface area (Å²) < 4.78 is 2.87. The van der Waals surface area contributed by atoms with Crippen molar-refractivity contribution in [2.24, 2.45) is 12.0 Å². The second kappa shape index (κ2) is 7.99. The number of hydrogen-bond acceptors (Lipinski definition) is 3. The predicted octanol–water partition coefficient (Wildman–Crippen LogP) is 2.75. The summed E-state index contributed by atoms with van der Waals surface area (Å²) in [6.07, 6.45) is 5.26. The first-order chi connectivity index (χ1) is 12.1. The molecule has 1 aromatic carbocycles. The highest BCUT2D eigenvalue weighted by atomic mass is 79.9. The van der Waals surface area contributed by atoms with E-state index in [9.17, 15) is 0 Å². The van der Waals surface area contributed by atoms with Crippen LogP contribution in [-0.2, 0) is 19.0 Å². The van der Waals surface area contributed by atoms with Gasteiger partial charge in [-0.25, -0.2) is 9.98 Å². The third kappa shape index (κ3) is 4.21. The van der Waals surface area contributed by atoms with Crippen molar-refractivity contribution < 1.29 is 0 Å². The smallest absolute Gasteiger partial charge is 0.191 e. The van der Waals surface area contributed by atoms with Crippen LogP contribution in [0.1, 0.15) is 37.6 Å². The Bertz CT molecular complexity index is 717. The molecule has 6 nitrogen and oxygen atoms in total. The average Bonchev–Trinajstić information content (AvgIpc) is 2.98. The van der Waals surface area contributed by atoms with Crippen molar-refractivity contribution in [1.29, 1.82) is 0 Å². The summed E-state index contributed by atoms with van der Waals surface area (Å²) >= 11 is 3.52. The summed E-state index contributed by atoms with van der Waals surface area (Å²) in [5, 5.41) is 10.9. The van der Waals surface area contributed by atoms with Crippen molar-refractivity contribution in [3.05, 3.63) is 46.5 Å². The van der Waals surface area contributed by atoms with E-state index in [4.69, 9.17) is 0 Å². The number of hydrogen-bond donors (Lipinski definition) is 2. The van der Waals surface area contributed by atoms with Gasteiger partial charge in [0.25, 0.3) is 0 Å². The van der Waals surface area contributed by atoms with E-state index in [1.165, 1.54) is 24.8 Å². The summed E-state index contributed by atoms with van der Waals surface area (Å²) in [7, 11) is 1.88. The van der Waals surface area contributed by atoms with Crippen molar-refractivity contribution in [3.63, 3.8) is 0 Å². The largest absolute Gasteiger partial charge is 0.357 e. The van der Waals surface area contributed by atoms with Gasteiger partial charge in [-0.2, -0.15) is 5.10 Å². The van der Waals surface area contributed by atoms with Gasteiger partial charge in [-0.05, 0) is 37.5 Å². The van der Waals surface area contributed by atoms with Crippen molar-refractivity contribution in [2.45, 2.75) is 38.1 Å². The van der Waals surface area contributed by atoms with Gasteiger partial charge in [0.2, 0.25) is 0 Å². The van der Waals surface area contributed by atoms with Crippen molar-refractivity contribution in [1.82, 2.24) is 25.4 Å². The van der Waals surface area contributed by atoms with Gasteiger partial charge in [0, 0.05) is 30.0 Å². The minimum atomic E-state index is 0.210. The van der Waals surface area contributed by atoms with Crippen LogP contribution < -0.4 is 10.6 Å². The fourth-order valence-corrected chi connectivity index (χ4v) is 3.45. The molecule has 7 heteroatoms. The van der Waals surface area contributed by atoms with Crippen LogP contribution >= 0.6 is 15.9 Å². The maximum absolute atomic E-state index is 4.65. The normalized spacial score (nSPS) is 16.4. The van der Waals surface area contributed by atoms with Crippen LogP contribution in [0.4, 0.5) is 0 Å². The summed E-state index contributed by atoms with van der Waals surface area (Å²) in [6, 6.07) is 8.72. The Morgan fingerprint density at radius 3 is 2.60 bits per heavy atom. The van der Waals surface area contributed by atoms with E-state index in [-0.39, 0.29) is 5.41 Å². The van der Waals surface area contributed by atoms with Gasteiger partial charge in [-0.1, -0.05) is 34.5 Å². The highest BCUT2D eigenvalue weighted by Gasteiger charge is 2.38. The van der Waals surface area contributed by atoms with Gasteiger partial charge < -0.3 is 10.6 Å². The number of halogens is 1. The molecule has 25 heavy (non-hydrogen) atoms. The summed E-state index contributed by atoms with van der Waals surface area (Å²) in [4.78, 5) is 8.87. The Morgan fingerprint density at radius 1 is 1.28 bits per heavy atom. The first kappa shape index (κ1) is 17.9. The molecular formula is C18H25BrN6. The van der Waals surface area contributed by atoms with Gasteiger partial charge in [-0.3, -0.25) is 4.68 Å². The van der Waals surface area contributed by atoms with E-state index in [0.717, 1.165) is 29.3 Å². The minimum Gasteiger partial charge on any atom is -0.357 e. The molecule has 1 heterocycles. The molecular weight excluding hydrogens is 380 g/mol. The fraction of sp³-hybridized carbons (Fsp3) is 0.500. The zero-order valence-electron chi connectivity index (χ0n) is 14.8. The topological polar surface area (TPSA) is 67.1 Å². The Kier molecular flexibility index (Phi) is 5.73. The molecule has 1 aliphatic rings. The lowest BCUT2D eigenvalue weighted by atomic mass is 9.64. The van der Waals surface area contributed by atoms with E-state index < -0.39 is 0 Å². The van der Waals surface area contributed by atoms with Crippen molar-refractivity contribution >= 4 is 21.9 Å². The highest BCUT2D eigenvalue weighted by molar-refractivity contribution is 9.10. The fourth-order valence-electron chi connectivity index (χ4n) is 3.18. The van der Waals surface area contributed by atoms with Gasteiger partial charge in [0.1, 0.15) is 18.7 Å². The molecule has 134 valence electrons. The average molecular weight is 405 g/mol. The van der Waals surface area contributed by atoms with Crippen LogP contribution in [0.15, 0.2) is 40.1 Å². The van der Waals surface area contributed by atoms with Crippen LogP contribution in [-0.4, -0.2) is 33.8 Å². The molecule has 2 aromatic rings. The third-order valence-electron chi connectivity index (χ3n) is 4.89. The second-order valence-electron chi connectivity index (χ2n) is 6.49. The lowest BCUT2D eigenvalue weighted by Crippen LogP contribution is -2.48. The minimum absolute atomic E-state index is 0.210. The lowest BCUT2D eigenvalue weighted by molar-refractivity contribution is 0.244. The zero-order chi connectivity index (χ0) is 17.7. The lowest BCUT2D eigenvalue weighted by Gasteiger charge is -2.43. The summed E-state index contributed by atoms with van der Waals surface area (Å²) in [5.41, 5.74) is 1.61. The number of rotatable bonds is 6. The van der Waals surface area contributed by atoms with Gasteiger partial charge in [0.05, 0.1) is 0 Å². The van der Waals surface area contributed by atoms with Gasteiger partial charge in [0.15, 0.2) is 5.96 Å².